The van der Waals surface area contributed by atoms with E-state index in [0.717, 1.165) is 77.8 Å². The summed E-state index contributed by atoms with van der Waals surface area (Å²) < 4.78 is 45.4. The summed E-state index contributed by atoms with van der Waals surface area (Å²) in [5.41, 5.74) is 0.825. The third-order valence-corrected chi connectivity index (χ3v) is 9.81. The quantitative estimate of drug-likeness (QED) is 0.164. The summed E-state index contributed by atoms with van der Waals surface area (Å²) >= 11 is 0. The van der Waals surface area contributed by atoms with Crippen molar-refractivity contribution in [3.05, 3.63) is 23.8 Å². The van der Waals surface area contributed by atoms with Crippen LogP contribution in [0.1, 0.15) is 78.2 Å². The molecule has 2 rings (SSSR count). The largest absolute Gasteiger partial charge is 0.490 e. The number of hydrogen-bond donors (Lipinski definition) is 1. The molecule has 10 heteroatoms. The third kappa shape index (κ3) is 13.6. The van der Waals surface area contributed by atoms with E-state index in [4.69, 9.17) is 18.9 Å². The molecular formula is C34H60N2O7S. The second kappa shape index (κ2) is 20.3. The number of aryl methyl sites for hydroxylation is 1. The lowest BCUT2D eigenvalue weighted by Gasteiger charge is -2.40. The number of nitrogens with zero attached hydrogens (tertiary/aromatic N) is 1. The van der Waals surface area contributed by atoms with Crippen molar-refractivity contribution in [2.75, 3.05) is 78.3 Å². The monoisotopic (exact) mass is 640 g/mol. The van der Waals surface area contributed by atoms with Gasteiger partial charge in [-0.15, -0.1) is 0 Å². The number of carbonyl (C=O) groups is 1. The maximum absolute atomic E-state index is 13.6. The van der Waals surface area contributed by atoms with Crippen molar-refractivity contribution < 1.29 is 32.2 Å². The number of ether oxygens (including phenoxy) is 4. The lowest BCUT2D eigenvalue weighted by atomic mass is 9.65. The van der Waals surface area contributed by atoms with Crippen molar-refractivity contribution >= 4 is 15.7 Å². The normalized spacial score (nSPS) is 14.7. The molecule has 1 saturated heterocycles. The Balaban J connectivity index is 1.86. The Hall–Kier alpha value is -1.88. The molecule has 1 fully saturated rings. The van der Waals surface area contributed by atoms with Gasteiger partial charge in [0.05, 0.1) is 37.6 Å². The van der Waals surface area contributed by atoms with Crippen LogP contribution in [0, 0.1) is 17.3 Å². The van der Waals surface area contributed by atoms with E-state index in [1.165, 1.54) is 11.8 Å². The number of unbranched alkanes of at least 4 members (excludes halogenated alkanes) is 3. The van der Waals surface area contributed by atoms with Gasteiger partial charge in [0, 0.05) is 52.6 Å². The first kappa shape index (κ1) is 38.3. The molecule has 0 aliphatic carbocycles. The highest BCUT2D eigenvalue weighted by atomic mass is 32.2. The maximum atomic E-state index is 13.6. The van der Waals surface area contributed by atoms with Gasteiger partial charge in [-0.2, -0.15) is 0 Å². The van der Waals surface area contributed by atoms with E-state index >= 15 is 0 Å². The minimum atomic E-state index is -3.01. The van der Waals surface area contributed by atoms with E-state index < -0.39 is 9.84 Å². The SMILES string of the molecule is COCCCOc1cc(CCCCCCC(C(=O)NCCN2CCOCC2)(C(C)C)C(C)C)ccc1OCCCS(C)(=O)=O. The summed E-state index contributed by atoms with van der Waals surface area (Å²) in [5, 5.41) is 3.28. The number of rotatable bonds is 23. The van der Waals surface area contributed by atoms with Gasteiger partial charge < -0.3 is 24.3 Å². The molecule has 0 unspecified atom stereocenters. The summed E-state index contributed by atoms with van der Waals surface area (Å²) in [6.07, 6.45) is 8.55. The predicted octanol–water partition coefficient (Wildman–Crippen LogP) is 5.16. The van der Waals surface area contributed by atoms with Gasteiger partial charge in [-0.25, -0.2) is 8.42 Å². The summed E-state index contributed by atoms with van der Waals surface area (Å²) in [6, 6.07) is 6.04. The Morgan fingerprint density at radius 2 is 1.59 bits per heavy atom. The van der Waals surface area contributed by atoms with Crippen molar-refractivity contribution in [1.29, 1.82) is 0 Å². The van der Waals surface area contributed by atoms with Crippen molar-refractivity contribution in [1.82, 2.24) is 10.2 Å². The van der Waals surface area contributed by atoms with E-state index in [1.54, 1.807) is 7.11 Å². The minimum Gasteiger partial charge on any atom is -0.490 e. The van der Waals surface area contributed by atoms with Crippen molar-refractivity contribution in [3.63, 3.8) is 0 Å². The molecule has 1 aromatic carbocycles. The van der Waals surface area contributed by atoms with E-state index in [0.29, 0.717) is 44.3 Å². The van der Waals surface area contributed by atoms with Crippen LogP contribution >= 0.6 is 0 Å². The molecule has 0 spiro atoms. The van der Waals surface area contributed by atoms with Crippen LogP contribution in [0.5, 0.6) is 11.5 Å². The van der Waals surface area contributed by atoms with Gasteiger partial charge in [-0.1, -0.05) is 53.0 Å². The Morgan fingerprint density at radius 3 is 2.25 bits per heavy atom. The summed E-state index contributed by atoms with van der Waals surface area (Å²) in [7, 11) is -1.34. The topological polar surface area (TPSA) is 103 Å². The molecule has 1 aliphatic heterocycles. The van der Waals surface area contributed by atoms with Gasteiger partial charge in [0.1, 0.15) is 9.84 Å². The number of carbonyl (C=O) groups excluding carboxylic acids is 1. The fourth-order valence-corrected chi connectivity index (χ4v) is 6.77. The number of nitrogens with one attached hydrogen (secondary N) is 1. The minimum absolute atomic E-state index is 0.101. The Bertz CT molecular complexity index is 1050. The highest BCUT2D eigenvalue weighted by molar-refractivity contribution is 7.90. The first-order valence-corrected chi connectivity index (χ1v) is 18.7. The fourth-order valence-electron chi connectivity index (χ4n) is 6.13. The van der Waals surface area contributed by atoms with Gasteiger partial charge in [-0.3, -0.25) is 9.69 Å². The molecule has 0 saturated carbocycles. The highest BCUT2D eigenvalue weighted by Gasteiger charge is 2.43. The first-order valence-electron chi connectivity index (χ1n) is 16.6. The first-order chi connectivity index (χ1) is 21.0. The lowest BCUT2D eigenvalue weighted by molar-refractivity contribution is -0.138. The van der Waals surface area contributed by atoms with Crippen LogP contribution < -0.4 is 14.8 Å². The number of sulfone groups is 1. The van der Waals surface area contributed by atoms with Gasteiger partial charge >= 0.3 is 0 Å². The molecule has 1 N–H and O–H groups in total. The van der Waals surface area contributed by atoms with Gasteiger partial charge in [0.2, 0.25) is 5.91 Å². The van der Waals surface area contributed by atoms with Gasteiger partial charge in [0.15, 0.2) is 11.5 Å². The molecule has 254 valence electrons. The number of methoxy groups -OCH3 is 1. The lowest BCUT2D eigenvalue weighted by Crippen LogP contribution is -2.50. The van der Waals surface area contributed by atoms with E-state index in [-0.39, 0.29) is 28.9 Å². The molecule has 1 aliphatic rings. The van der Waals surface area contributed by atoms with Gasteiger partial charge in [-0.05, 0) is 55.2 Å². The number of hydrogen-bond acceptors (Lipinski definition) is 8. The Morgan fingerprint density at radius 1 is 0.932 bits per heavy atom. The number of morpholine rings is 1. The Labute approximate surface area is 267 Å². The Kier molecular flexibility index (Phi) is 17.7. The van der Waals surface area contributed by atoms with Crippen LogP contribution in [0.3, 0.4) is 0 Å². The molecule has 0 aromatic heterocycles. The number of benzene rings is 1. The van der Waals surface area contributed by atoms with Crippen LogP contribution in [0.4, 0.5) is 0 Å². The number of amides is 1. The molecule has 1 amide bonds. The molecule has 0 atom stereocenters. The van der Waals surface area contributed by atoms with E-state index in [9.17, 15) is 13.2 Å². The standard InChI is InChI=1S/C34H60N2O7S/c1-28(2)34(29(3)4,33(37)35-17-18-36-19-24-41-25-20-36)16-10-8-7-9-13-30-14-15-31(42-23-12-26-44(6,38)39)32(27-30)43-22-11-21-40-5/h14-15,27-29H,7-13,16-26H2,1-6H3,(H,35,37). The second-order valence-electron chi connectivity index (χ2n) is 12.8. The van der Waals surface area contributed by atoms with Crippen LogP contribution in [0.25, 0.3) is 0 Å². The molecular weight excluding hydrogens is 580 g/mol. The predicted molar refractivity (Wildman–Crippen MR) is 177 cm³/mol. The molecule has 1 aromatic rings. The van der Waals surface area contributed by atoms with Crippen LogP contribution in [0.15, 0.2) is 18.2 Å². The summed E-state index contributed by atoms with van der Waals surface area (Å²) in [6.45, 7) is 15.2. The molecule has 9 nitrogen and oxygen atoms in total. The van der Waals surface area contributed by atoms with Crippen molar-refractivity contribution in [2.45, 2.75) is 79.1 Å². The van der Waals surface area contributed by atoms with Crippen molar-refractivity contribution in [2.24, 2.45) is 17.3 Å². The van der Waals surface area contributed by atoms with Crippen molar-refractivity contribution in [3.8, 4) is 11.5 Å². The zero-order valence-corrected chi connectivity index (χ0v) is 29.1. The van der Waals surface area contributed by atoms with E-state index in [2.05, 4.69) is 44.0 Å². The maximum Gasteiger partial charge on any atom is 0.226 e. The zero-order valence-electron chi connectivity index (χ0n) is 28.3. The van der Waals surface area contributed by atoms with Crippen LogP contribution in [-0.4, -0.2) is 97.6 Å². The second-order valence-corrected chi connectivity index (χ2v) is 15.0. The smallest absolute Gasteiger partial charge is 0.226 e. The zero-order chi connectivity index (χ0) is 32.4. The highest BCUT2D eigenvalue weighted by Crippen LogP contribution is 2.41. The molecule has 0 bridgehead atoms. The third-order valence-electron chi connectivity index (χ3n) is 8.78. The fraction of sp³-hybridized carbons (Fsp3) is 0.794. The molecule has 44 heavy (non-hydrogen) atoms. The average molecular weight is 641 g/mol. The average Bonchev–Trinajstić information content (AvgIpc) is 2.97. The van der Waals surface area contributed by atoms with Crippen LogP contribution in [-0.2, 0) is 30.5 Å². The van der Waals surface area contributed by atoms with E-state index in [1.807, 2.05) is 12.1 Å². The van der Waals surface area contributed by atoms with Gasteiger partial charge in [0.25, 0.3) is 0 Å². The van der Waals surface area contributed by atoms with Crippen LogP contribution in [0.2, 0.25) is 0 Å². The summed E-state index contributed by atoms with van der Waals surface area (Å²) in [4.78, 5) is 15.9. The summed E-state index contributed by atoms with van der Waals surface area (Å²) in [5.74, 6) is 2.16. The molecule has 1 heterocycles. The molecule has 0 radical (unpaired) electrons.